The third-order valence-electron chi connectivity index (χ3n) is 6.37. The summed E-state index contributed by atoms with van der Waals surface area (Å²) in [5.74, 6) is -2.14. The van der Waals surface area contributed by atoms with Crippen molar-refractivity contribution in [2.75, 3.05) is 19.8 Å². The number of likely N-dealkylation sites (tertiary alicyclic amines) is 1. The van der Waals surface area contributed by atoms with E-state index < -0.39 is 23.4 Å². The number of amides is 2. The number of hydrogen-bond acceptors (Lipinski definition) is 5. The second-order valence-corrected chi connectivity index (χ2v) is 10.1. The Kier molecular flexibility index (Phi) is 9.74. The summed E-state index contributed by atoms with van der Waals surface area (Å²) in [6, 6.07) is -0.625. The molecule has 1 aliphatic carbocycles. The number of carbonyl (C=O) groups excluding carboxylic acids is 3. The van der Waals surface area contributed by atoms with Crippen molar-refractivity contribution in [3.63, 3.8) is 0 Å². The van der Waals surface area contributed by atoms with Gasteiger partial charge in [0.25, 0.3) is 0 Å². The maximum atomic E-state index is 13.7. The topological polar surface area (TPSA) is 95.9 Å². The molecule has 2 N–H and O–H groups in total. The molecule has 0 aromatic carbocycles. The molecule has 0 spiro atoms. The molecule has 5 atom stereocenters. The fourth-order valence-corrected chi connectivity index (χ4v) is 5.10. The van der Waals surface area contributed by atoms with Crippen molar-refractivity contribution < 1.29 is 24.2 Å². The van der Waals surface area contributed by atoms with Crippen LogP contribution < -0.4 is 5.32 Å². The van der Waals surface area contributed by atoms with Gasteiger partial charge in [0.2, 0.25) is 11.8 Å². The number of ether oxygens (including phenoxy) is 1. The average molecular weight is 451 g/mol. The number of carbonyl (C=O) groups is 3. The highest BCUT2D eigenvalue weighted by molar-refractivity contribution is 5.96. The van der Waals surface area contributed by atoms with Crippen LogP contribution in [-0.2, 0) is 19.1 Å². The zero-order valence-electron chi connectivity index (χ0n) is 20.4. The van der Waals surface area contributed by atoms with E-state index in [1.165, 1.54) is 0 Å². The first-order chi connectivity index (χ1) is 15.2. The lowest BCUT2D eigenvalue weighted by molar-refractivity contribution is -0.155. The lowest BCUT2D eigenvalue weighted by Crippen LogP contribution is -2.52. The molecule has 7 nitrogen and oxygen atoms in total. The summed E-state index contributed by atoms with van der Waals surface area (Å²) < 4.78 is 5.38. The molecule has 2 aliphatic rings. The van der Waals surface area contributed by atoms with Gasteiger partial charge in [0.15, 0.2) is 0 Å². The van der Waals surface area contributed by atoms with Gasteiger partial charge in [0, 0.05) is 24.6 Å². The van der Waals surface area contributed by atoms with E-state index in [-0.39, 0.29) is 42.8 Å². The maximum absolute atomic E-state index is 13.7. The highest BCUT2D eigenvalue weighted by Crippen LogP contribution is 2.45. The van der Waals surface area contributed by atoms with Crippen LogP contribution in [0.1, 0.15) is 73.1 Å². The number of allylic oxidation sites excluding steroid dienone is 1. The minimum Gasteiger partial charge on any atom is -0.466 e. The van der Waals surface area contributed by atoms with Crippen molar-refractivity contribution in [1.82, 2.24) is 10.2 Å². The second-order valence-electron chi connectivity index (χ2n) is 10.1. The molecule has 1 heterocycles. The third-order valence-corrected chi connectivity index (χ3v) is 6.37. The van der Waals surface area contributed by atoms with E-state index in [0.29, 0.717) is 6.54 Å². The lowest BCUT2D eigenvalue weighted by Gasteiger charge is -2.34. The molecule has 0 saturated carbocycles. The SMILES string of the molecule is CCC[C@@H]1C=C[C@H]2[C@H](C(=O)N(CCCCCCO)[C@@H]2C(=O)NC(C)(C)C)[C@@H]1C(=O)OCC. The Bertz CT molecular complexity index is 684. The van der Waals surface area contributed by atoms with Gasteiger partial charge in [-0.2, -0.15) is 0 Å². The van der Waals surface area contributed by atoms with Crippen LogP contribution in [0.15, 0.2) is 12.2 Å². The van der Waals surface area contributed by atoms with Crippen LogP contribution in [-0.4, -0.2) is 59.1 Å². The van der Waals surface area contributed by atoms with Crippen molar-refractivity contribution in [2.45, 2.75) is 84.7 Å². The van der Waals surface area contributed by atoms with Gasteiger partial charge in [0.05, 0.1) is 18.4 Å². The van der Waals surface area contributed by atoms with Gasteiger partial charge in [-0.15, -0.1) is 0 Å². The van der Waals surface area contributed by atoms with E-state index in [4.69, 9.17) is 9.84 Å². The molecule has 2 rings (SSSR count). The number of fused-ring (bicyclic) bond motifs is 1. The van der Waals surface area contributed by atoms with Crippen molar-refractivity contribution in [2.24, 2.45) is 23.7 Å². The Morgan fingerprint density at radius 2 is 1.81 bits per heavy atom. The third kappa shape index (κ3) is 6.33. The molecule has 0 aromatic rings. The number of unbranched alkanes of at least 4 members (excludes halogenated alkanes) is 3. The highest BCUT2D eigenvalue weighted by atomic mass is 16.5. The van der Waals surface area contributed by atoms with Gasteiger partial charge in [-0.3, -0.25) is 14.4 Å². The monoisotopic (exact) mass is 450 g/mol. The van der Waals surface area contributed by atoms with Gasteiger partial charge < -0.3 is 20.1 Å². The number of esters is 1. The second kappa shape index (κ2) is 11.8. The number of aliphatic hydroxyl groups excluding tert-OH is 1. The van der Waals surface area contributed by atoms with Crippen LogP contribution in [0.2, 0.25) is 0 Å². The van der Waals surface area contributed by atoms with E-state index >= 15 is 0 Å². The van der Waals surface area contributed by atoms with Crippen LogP contribution in [0.5, 0.6) is 0 Å². The number of aliphatic hydroxyl groups is 1. The van der Waals surface area contributed by atoms with E-state index in [9.17, 15) is 14.4 Å². The molecule has 0 unspecified atom stereocenters. The zero-order valence-corrected chi connectivity index (χ0v) is 20.4. The molecule has 2 amide bonds. The fourth-order valence-electron chi connectivity index (χ4n) is 5.10. The minimum absolute atomic E-state index is 0.0555. The van der Waals surface area contributed by atoms with Gasteiger partial charge >= 0.3 is 5.97 Å². The molecule has 1 aliphatic heterocycles. The molecular formula is C25H42N2O5. The van der Waals surface area contributed by atoms with Crippen LogP contribution in [0.4, 0.5) is 0 Å². The number of rotatable bonds is 11. The molecular weight excluding hydrogens is 408 g/mol. The van der Waals surface area contributed by atoms with E-state index in [1.54, 1.807) is 11.8 Å². The average Bonchev–Trinajstić information content (AvgIpc) is 2.99. The Balaban J connectivity index is 2.36. The number of hydrogen-bond donors (Lipinski definition) is 2. The summed E-state index contributed by atoms with van der Waals surface area (Å²) in [6.07, 6.45) is 8.99. The van der Waals surface area contributed by atoms with Crippen LogP contribution >= 0.6 is 0 Å². The smallest absolute Gasteiger partial charge is 0.310 e. The van der Waals surface area contributed by atoms with Crippen molar-refractivity contribution in [1.29, 1.82) is 0 Å². The number of nitrogens with one attached hydrogen (secondary N) is 1. The first kappa shape index (κ1) is 26.4. The van der Waals surface area contributed by atoms with Crippen molar-refractivity contribution >= 4 is 17.8 Å². The first-order valence-corrected chi connectivity index (χ1v) is 12.2. The van der Waals surface area contributed by atoms with E-state index in [0.717, 1.165) is 38.5 Å². The van der Waals surface area contributed by atoms with Crippen molar-refractivity contribution in [3.8, 4) is 0 Å². The van der Waals surface area contributed by atoms with Gasteiger partial charge in [-0.1, -0.05) is 38.3 Å². The number of nitrogens with zero attached hydrogens (tertiary/aromatic N) is 1. The maximum Gasteiger partial charge on any atom is 0.310 e. The molecule has 0 aromatic heterocycles. The van der Waals surface area contributed by atoms with Crippen molar-refractivity contribution in [3.05, 3.63) is 12.2 Å². The van der Waals surface area contributed by atoms with E-state index in [1.807, 2.05) is 32.9 Å². The Morgan fingerprint density at radius 1 is 1.12 bits per heavy atom. The molecule has 182 valence electrons. The van der Waals surface area contributed by atoms with E-state index in [2.05, 4.69) is 12.2 Å². The summed E-state index contributed by atoms with van der Waals surface area (Å²) in [5.41, 5.74) is -0.422. The molecule has 32 heavy (non-hydrogen) atoms. The largest absolute Gasteiger partial charge is 0.466 e. The van der Waals surface area contributed by atoms with Crippen LogP contribution in [0.25, 0.3) is 0 Å². The molecule has 1 saturated heterocycles. The molecule has 7 heteroatoms. The minimum atomic E-state index is -0.625. The Hall–Kier alpha value is -1.89. The standard InChI is InChI=1S/C25H42N2O5/c1-6-12-17-13-14-18-20(19(17)24(31)32-7-2)23(30)27(15-10-8-9-11-16-28)21(18)22(29)26-25(3,4)5/h13-14,17-21,28H,6-12,15-16H2,1-5H3,(H,26,29)/t17-,18+,19-,20+,21+/m1/s1. The predicted octanol–water partition coefficient (Wildman–Crippen LogP) is 3.06. The normalized spacial score (nSPS) is 27.4. The summed E-state index contributed by atoms with van der Waals surface area (Å²) in [4.78, 5) is 41.7. The fraction of sp³-hybridized carbons (Fsp3) is 0.800. The highest BCUT2D eigenvalue weighted by Gasteiger charge is 2.57. The molecule has 0 bridgehead atoms. The van der Waals surface area contributed by atoms with Gasteiger partial charge in [-0.25, -0.2) is 0 Å². The Labute approximate surface area is 192 Å². The van der Waals surface area contributed by atoms with Gasteiger partial charge in [0.1, 0.15) is 6.04 Å². The summed E-state index contributed by atoms with van der Waals surface area (Å²) in [6.45, 7) is 10.5. The quantitative estimate of drug-likeness (QED) is 0.287. The summed E-state index contributed by atoms with van der Waals surface area (Å²) in [5, 5.41) is 12.1. The predicted molar refractivity (Wildman–Crippen MR) is 124 cm³/mol. The first-order valence-electron chi connectivity index (χ1n) is 12.2. The zero-order chi connectivity index (χ0) is 23.9. The molecule has 1 fully saturated rings. The lowest BCUT2D eigenvalue weighted by atomic mass is 9.68. The van der Waals surface area contributed by atoms with Crippen LogP contribution in [0, 0.1) is 23.7 Å². The Morgan fingerprint density at radius 3 is 2.41 bits per heavy atom. The van der Waals surface area contributed by atoms with Gasteiger partial charge in [-0.05, 0) is 52.9 Å². The summed E-state index contributed by atoms with van der Waals surface area (Å²) in [7, 11) is 0. The molecule has 0 radical (unpaired) electrons. The summed E-state index contributed by atoms with van der Waals surface area (Å²) >= 11 is 0. The van der Waals surface area contributed by atoms with Crippen LogP contribution in [0.3, 0.4) is 0 Å².